The van der Waals surface area contributed by atoms with Crippen molar-refractivity contribution in [3.63, 3.8) is 0 Å². The Labute approximate surface area is 40.4 Å². The zero-order chi connectivity index (χ0) is 5.70. The van der Waals surface area contributed by atoms with Crippen LogP contribution in [-0.2, 0) is 9.53 Å². The highest BCUT2D eigenvalue weighted by Crippen LogP contribution is 1.78. The summed E-state index contributed by atoms with van der Waals surface area (Å²) in [5.74, 6) is 0. The molecular formula is C3H5NO3. The number of methoxy groups -OCH3 is 1. The van der Waals surface area contributed by atoms with E-state index in [-0.39, 0.29) is 0 Å². The number of hydrogen-bond acceptors (Lipinski definition) is 4. The molecule has 0 aromatic rings. The predicted molar refractivity (Wildman–Crippen MR) is 21.1 cm³/mol. The molecule has 0 radical (unpaired) electrons. The van der Waals surface area contributed by atoms with Crippen LogP contribution >= 0.6 is 0 Å². The van der Waals surface area contributed by atoms with Gasteiger partial charge in [-0.2, -0.15) is 0 Å². The molecule has 0 aliphatic carbocycles. The van der Waals surface area contributed by atoms with Gasteiger partial charge >= 0.3 is 0 Å². The number of ether oxygens (including phenoxy) is 1. The van der Waals surface area contributed by atoms with Crippen molar-refractivity contribution in [2.24, 2.45) is 4.99 Å². The lowest BCUT2D eigenvalue weighted by Gasteiger charge is -1.93. The molecule has 0 saturated carbocycles. The third-order valence-corrected chi connectivity index (χ3v) is 0.374. The van der Waals surface area contributed by atoms with Gasteiger partial charge in [0.2, 0.25) is 6.08 Å². The molecule has 0 heterocycles. The Bertz CT molecular complexity index is 86.2. The van der Waals surface area contributed by atoms with Crippen LogP contribution in [0, 0.1) is 0 Å². The molecular weight excluding hydrogens is 98.0 g/mol. The van der Waals surface area contributed by atoms with Crippen molar-refractivity contribution in [2.45, 2.75) is 6.41 Å². The molecule has 4 nitrogen and oxygen atoms in total. The van der Waals surface area contributed by atoms with E-state index in [1.165, 1.54) is 7.11 Å². The molecule has 0 saturated heterocycles. The molecule has 0 aliphatic rings. The topological polar surface area (TPSA) is 58.9 Å². The van der Waals surface area contributed by atoms with Crippen LogP contribution in [0.25, 0.3) is 0 Å². The lowest BCUT2D eigenvalue weighted by atomic mass is 11.1. The molecule has 0 rings (SSSR count). The third kappa shape index (κ3) is 3.12. The van der Waals surface area contributed by atoms with Gasteiger partial charge in [0.05, 0.1) is 0 Å². The van der Waals surface area contributed by atoms with Gasteiger partial charge in [0.25, 0.3) is 6.41 Å². The van der Waals surface area contributed by atoms with E-state index in [0.717, 1.165) is 6.08 Å². The van der Waals surface area contributed by atoms with Gasteiger partial charge in [0.1, 0.15) is 0 Å². The van der Waals surface area contributed by atoms with E-state index in [0.29, 0.717) is 0 Å². The molecule has 40 valence electrons. The van der Waals surface area contributed by atoms with Crippen molar-refractivity contribution in [1.29, 1.82) is 0 Å². The van der Waals surface area contributed by atoms with Gasteiger partial charge in [0.15, 0.2) is 0 Å². The summed E-state index contributed by atoms with van der Waals surface area (Å²) in [5.41, 5.74) is 0. The van der Waals surface area contributed by atoms with E-state index in [4.69, 9.17) is 5.11 Å². The summed E-state index contributed by atoms with van der Waals surface area (Å²) in [6.07, 6.45) is -0.231. The molecule has 0 aromatic heterocycles. The van der Waals surface area contributed by atoms with Crippen LogP contribution < -0.4 is 0 Å². The van der Waals surface area contributed by atoms with Crippen LogP contribution in [0.15, 0.2) is 4.99 Å². The predicted octanol–water partition coefficient (Wildman–Crippen LogP) is -0.756. The van der Waals surface area contributed by atoms with Gasteiger partial charge in [-0.15, -0.1) is 4.99 Å². The Morgan fingerprint density at radius 2 is 2.57 bits per heavy atom. The highest BCUT2D eigenvalue weighted by molar-refractivity contribution is 5.32. The quantitative estimate of drug-likeness (QED) is 0.284. The largest absolute Gasteiger partial charge is 0.349 e. The maximum atomic E-state index is 9.24. The zero-order valence-corrected chi connectivity index (χ0v) is 3.79. The van der Waals surface area contributed by atoms with Crippen molar-refractivity contribution in [3.8, 4) is 0 Å². The smallest absolute Gasteiger partial charge is 0.266 e. The SMILES string of the molecule is COC(O)N=C=O. The lowest BCUT2D eigenvalue weighted by molar-refractivity contribution is -0.0656. The summed E-state index contributed by atoms with van der Waals surface area (Å²) in [4.78, 5) is 12.0. The first-order valence-electron chi connectivity index (χ1n) is 1.59. The van der Waals surface area contributed by atoms with E-state index >= 15 is 0 Å². The monoisotopic (exact) mass is 103 g/mol. The minimum atomic E-state index is -1.35. The first-order chi connectivity index (χ1) is 3.31. The molecule has 0 bridgehead atoms. The van der Waals surface area contributed by atoms with E-state index < -0.39 is 6.41 Å². The van der Waals surface area contributed by atoms with Crippen LogP contribution in [0.5, 0.6) is 0 Å². The molecule has 7 heavy (non-hydrogen) atoms. The van der Waals surface area contributed by atoms with Crippen molar-refractivity contribution >= 4 is 6.08 Å². The Morgan fingerprint density at radius 1 is 2.00 bits per heavy atom. The van der Waals surface area contributed by atoms with Crippen molar-refractivity contribution in [3.05, 3.63) is 0 Å². The Hall–Kier alpha value is -0.700. The average molecular weight is 103 g/mol. The van der Waals surface area contributed by atoms with Crippen molar-refractivity contribution in [1.82, 2.24) is 0 Å². The fraction of sp³-hybridized carbons (Fsp3) is 0.667. The highest BCUT2D eigenvalue weighted by Gasteiger charge is 1.90. The maximum Gasteiger partial charge on any atom is 0.266 e. The second kappa shape index (κ2) is 3.49. The third-order valence-electron chi connectivity index (χ3n) is 0.374. The number of aliphatic imine (C=N–C) groups is 1. The van der Waals surface area contributed by atoms with E-state index in [2.05, 4.69) is 9.73 Å². The van der Waals surface area contributed by atoms with E-state index in [9.17, 15) is 4.79 Å². The van der Waals surface area contributed by atoms with Gasteiger partial charge in [-0.3, -0.25) is 0 Å². The van der Waals surface area contributed by atoms with Gasteiger partial charge in [-0.25, -0.2) is 4.79 Å². The molecule has 1 N–H and O–H groups in total. The number of hydrogen-bond donors (Lipinski definition) is 1. The number of aliphatic hydroxyl groups is 1. The van der Waals surface area contributed by atoms with Crippen LogP contribution in [0.4, 0.5) is 0 Å². The van der Waals surface area contributed by atoms with Crippen LogP contribution in [0.3, 0.4) is 0 Å². The Balaban J connectivity index is 3.35. The molecule has 0 aliphatic heterocycles. The van der Waals surface area contributed by atoms with Crippen LogP contribution in [0.2, 0.25) is 0 Å². The van der Waals surface area contributed by atoms with Crippen molar-refractivity contribution in [2.75, 3.05) is 7.11 Å². The highest BCUT2D eigenvalue weighted by atomic mass is 16.6. The normalized spacial score (nSPS) is 12.3. The van der Waals surface area contributed by atoms with Gasteiger partial charge in [-0.05, 0) is 0 Å². The molecule has 4 heteroatoms. The Kier molecular flexibility index (Phi) is 3.14. The lowest BCUT2D eigenvalue weighted by Crippen LogP contribution is -2.02. The summed E-state index contributed by atoms with van der Waals surface area (Å²) < 4.78 is 4.12. The fourth-order valence-corrected chi connectivity index (χ4v) is 0.0978. The van der Waals surface area contributed by atoms with Gasteiger partial charge < -0.3 is 9.84 Å². The van der Waals surface area contributed by atoms with Crippen LogP contribution in [-0.4, -0.2) is 24.7 Å². The number of rotatable bonds is 2. The maximum absolute atomic E-state index is 9.24. The summed E-state index contributed by atoms with van der Waals surface area (Å²) >= 11 is 0. The molecule has 0 spiro atoms. The van der Waals surface area contributed by atoms with Crippen molar-refractivity contribution < 1.29 is 14.6 Å². The molecule has 0 aromatic carbocycles. The first-order valence-corrected chi connectivity index (χ1v) is 1.59. The minimum absolute atomic E-state index is 1.12. The second-order valence-electron chi connectivity index (χ2n) is 0.782. The summed E-state index contributed by atoms with van der Waals surface area (Å²) in [6, 6.07) is 0. The van der Waals surface area contributed by atoms with Crippen LogP contribution in [0.1, 0.15) is 0 Å². The molecule has 0 amide bonds. The van der Waals surface area contributed by atoms with E-state index in [1.807, 2.05) is 0 Å². The summed E-state index contributed by atoms with van der Waals surface area (Å²) in [7, 11) is 1.23. The molecule has 1 unspecified atom stereocenters. The number of carbonyl (C=O) groups excluding carboxylic acids is 1. The Morgan fingerprint density at radius 3 is 2.71 bits per heavy atom. The average Bonchev–Trinajstić information content (AvgIpc) is 1.68. The molecule has 1 atom stereocenters. The summed E-state index contributed by atoms with van der Waals surface area (Å²) in [6.45, 7) is 0. The number of isocyanates is 1. The van der Waals surface area contributed by atoms with Gasteiger partial charge in [0, 0.05) is 7.11 Å². The molecule has 0 fully saturated rings. The number of nitrogens with zero attached hydrogens (tertiary/aromatic N) is 1. The minimum Gasteiger partial charge on any atom is -0.349 e. The zero-order valence-electron chi connectivity index (χ0n) is 3.79. The fourth-order valence-electron chi connectivity index (χ4n) is 0.0978. The number of aliphatic hydroxyl groups excluding tert-OH is 1. The standard InChI is InChI=1S/C3H5NO3/c1-7-3(6)4-2-5/h3,6H,1H3. The second-order valence-corrected chi connectivity index (χ2v) is 0.782. The van der Waals surface area contributed by atoms with E-state index in [1.54, 1.807) is 0 Å². The summed E-state index contributed by atoms with van der Waals surface area (Å²) in [5, 5.41) is 8.21. The first kappa shape index (κ1) is 6.30. The van der Waals surface area contributed by atoms with Gasteiger partial charge in [-0.1, -0.05) is 0 Å².